The summed E-state index contributed by atoms with van der Waals surface area (Å²) in [7, 11) is 0. The zero-order valence-corrected chi connectivity index (χ0v) is 21.3. The topological polar surface area (TPSA) is 109 Å². The summed E-state index contributed by atoms with van der Waals surface area (Å²) < 4.78 is 6.39. The standard InChI is InChI=1S/C27H24BrN5O4/c28-25-10-18(37-32-25)13-30-26(34)24-11-20-19-6-2-4-8-22(19)31-23(20)14-33(24)27(35)36-15-16-9-17-5-1-3-7-21(17)29-12-16/h1-10,12,18,24,31-32H,11,13-15H2,(H,30,34)/t18-,24-/m0/s1. The Labute approximate surface area is 220 Å². The molecule has 0 fully saturated rings. The largest absolute Gasteiger partial charge is 0.444 e. The van der Waals surface area contributed by atoms with Crippen LogP contribution < -0.4 is 10.8 Å². The Bertz CT molecular complexity index is 1530. The van der Waals surface area contributed by atoms with E-state index in [1.165, 1.54) is 4.90 Å². The minimum absolute atomic E-state index is 0.0570. The Balaban J connectivity index is 1.22. The summed E-state index contributed by atoms with van der Waals surface area (Å²) in [4.78, 5) is 41.4. The smallest absolute Gasteiger partial charge is 0.411 e. The van der Waals surface area contributed by atoms with Crippen molar-refractivity contribution in [3.63, 3.8) is 0 Å². The van der Waals surface area contributed by atoms with Gasteiger partial charge in [0.25, 0.3) is 0 Å². The molecule has 2 aliphatic rings. The molecular formula is C27H24BrN5O4. The predicted octanol–water partition coefficient (Wildman–Crippen LogP) is 4.04. The van der Waals surface area contributed by atoms with Crippen molar-refractivity contribution in [2.75, 3.05) is 6.54 Å². The van der Waals surface area contributed by atoms with Gasteiger partial charge in [-0.2, -0.15) is 0 Å². The second-order valence-electron chi connectivity index (χ2n) is 9.08. The van der Waals surface area contributed by atoms with E-state index < -0.39 is 12.1 Å². The van der Waals surface area contributed by atoms with Crippen LogP contribution in [0.3, 0.4) is 0 Å². The van der Waals surface area contributed by atoms with E-state index in [0.29, 0.717) is 11.0 Å². The minimum atomic E-state index is -0.726. The molecule has 0 bridgehead atoms. The minimum Gasteiger partial charge on any atom is -0.444 e. The maximum Gasteiger partial charge on any atom is 0.411 e. The first-order chi connectivity index (χ1) is 18.0. The third-order valence-corrected chi connectivity index (χ3v) is 7.09. The predicted molar refractivity (Wildman–Crippen MR) is 141 cm³/mol. The van der Waals surface area contributed by atoms with Crippen molar-refractivity contribution >= 4 is 49.7 Å². The van der Waals surface area contributed by atoms with Crippen LogP contribution in [0.5, 0.6) is 0 Å². The van der Waals surface area contributed by atoms with Crippen LogP contribution in [-0.4, -0.2) is 45.6 Å². The Hall–Kier alpha value is -3.89. The van der Waals surface area contributed by atoms with Crippen LogP contribution in [-0.2, 0) is 33.9 Å². The number of halogens is 1. The number of nitrogens with zero attached hydrogens (tertiary/aromatic N) is 2. The van der Waals surface area contributed by atoms with E-state index in [-0.39, 0.29) is 31.7 Å². The summed E-state index contributed by atoms with van der Waals surface area (Å²) in [6.07, 6.45) is 3.03. The fraction of sp³-hybridized carbons (Fsp3) is 0.222. The monoisotopic (exact) mass is 561 g/mol. The van der Waals surface area contributed by atoms with Gasteiger partial charge in [-0.15, -0.1) is 0 Å². The number of aromatic nitrogens is 2. The summed E-state index contributed by atoms with van der Waals surface area (Å²) in [6, 6.07) is 16.9. The highest BCUT2D eigenvalue weighted by Gasteiger charge is 2.37. The van der Waals surface area contributed by atoms with Crippen LogP contribution >= 0.6 is 15.9 Å². The second kappa shape index (κ2) is 9.87. The summed E-state index contributed by atoms with van der Waals surface area (Å²) in [5, 5.41) is 4.95. The van der Waals surface area contributed by atoms with E-state index in [2.05, 4.69) is 36.7 Å². The van der Waals surface area contributed by atoms with Crippen LogP contribution in [0.2, 0.25) is 0 Å². The molecule has 0 saturated heterocycles. The zero-order chi connectivity index (χ0) is 25.4. The molecule has 2 amide bonds. The highest BCUT2D eigenvalue weighted by molar-refractivity contribution is 9.11. The first-order valence-corrected chi connectivity index (χ1v) is 12.8. The van der Waals surface area contributed by atoms with E-state index in [1.807, 2.05) is 60.7 Å². The number of hydrogen-bond acceptors (Lipinski definition) is 6. The number of amides is 2. The van der Waals surface area contributed by atoms with Gasteiger partial charge in [-0.1, -0.05) is 36.4 Å². The summed E-state index contributed by atoms with van der Waals surface area (Å²) in [6.45, 7) is 0.565. The fourth-order valence-electron chi connectivity index (χ4n) is 4.84. The number of rotatable bonds is 5. The van der Waals surface area contributed by atoms with Gasteiger partial charge >= 0.3 is 6.09 Å². The average Bonchev–Trinajstić information content (AvgIpc) is 3.51. The number of H-pyrrole nitrogens is 1. The van der Waals surface area contributed by atoms with Gasteiger partial charge in [0.15, 0.2) is 0 Å². The van der Waals surface area contributed by atoms with Gasteiger partial charge in [-0.3, -0.25) is 25.0 Å². The quantitative estimate of drug-likeness (QED) is 0.317. The van der Waals surface area contributed by atoms with Crippen molar-refractivity contribution in [2.24, 2.45) is 0 Å². The van der Waals surface area contributed by atoms with Crippen molar-refractivity contribution in [3.8, 4) is 0 Å². The number of hydrogen-bond donors (Lipinski definition) is 3. The highest BCUT2D eigenvalue weighted by Crippen LogP contribution is 2.31. The Morgan fingerprint density at radius 3 is 2.89 bits per heavy atom. The summed E-state index contributed by atoms with van der Waals surface area (Å²) in [5.41, 5.74) is 7.28. The lowest BCUT2D eigenvalue weighted by atomic mass is 9.96. The lowest BCUT2D eigenvalue weighted by Crippen LogP contribution is -2.53. The van der Waals surface area contributed by atoms with E-state index in [1.54, 1.807) is 6.20 Å². The number of fused-ring (bicyclic) bond motifs is 4. The van der Waals surface area contributed by atoms with E-state index in [4.69, 9.17) is 9.57 Å². The number of hydroxylamine groups is 1. The molecule has 0 saturated carbocycles. The van der Waals surface area contributed by atoms with Crippen LogP contribution in [0.25, 0.3) is 21.8 Å². The average molecular weight is 562 g/mol. The van der Waals surface area contributed by atoms with Crippen LogP contribution in [0.1, 0.15) is 16.8 Å². The highest BCUT2D eigenvalue weighted by atomic mass is 79.9. The molecule has 0 unspecified atom stereocenters. The molecule has 37 heavy (non-hydrogen) atoms. The Morgan fingerprint density at radius 2 is 2.03 bits per heavy atom. The van der Waals surface area contributed by atoms with Crippen molar-refractivity contribution < 1.29 is 19.2 Å². The SMILES string of the molecule is O=C(NC[C@@H]1C=C(Br)NO1)[C@@H]1Cc2c([nH]c3ccccc23)CN1C(=O)OCc1cnc2ccccc2c1. The molecule has 0 radical (unpaired) electrons. The molecule has 2 aliphatic heterocycles. The molecule has 188 valence electrons. The normalized spacial score (nSPS) is 18.8. The van der Waals surface area contributed by atoms with Gasteiger partial charge in [0.05, 0.1) is 18.6 Å². The number of nitrogens with one attached hydrogen (secondary N) is 3. The van der Waals surface area contributed by atoms with E-state index >= 15 is 0 Å². The lowest BCUT2D eigenvalue weighted by Gasteiger charge is -2.34. The maximum absolute atomic E-state index is 13.4. The van der Waals surface area contributed by atoms with Crippen molar-refractivity contribution in [1.82, 2.24) is 25.7 Å². The molecule has 4 aromatic rings. The fourth-order valence-corrected chi connectivity index (χ4v) is 5.23. The first kappa shape index (κ1) is 23.5. The summed E-state index contributed by atoms with van der Waals surface area (Å²) in [5.74, 6) is -0.264. The van der Waals surface area contributed by atoms with Crippen LogP contribution in [0.15, 0.2) is 71.5 Å². The molecule has 9 nitrogen and oxygen atoms in total. The number of aromatic amines is 1. The third kappa shape index (κ3) is 4.77. The zero-order valence-electron chi connectivity index (χ0n) is 19.7. The number of para-hydroxylation sites is 2. The van der Waals surface area contributed by atoms with Crippen LogP contribution in [0.4, 0.5) is 4.79 Å². The molecule has 2 aromatic carbocycles. The Kier molecular flexibility index (Phi) is 6.27. The lowest BCUT2D eigenvalue weighted by molar-refractivity contribution is -0.127. The summed E-state index contributed by atoms with van der Waals surface area (Å²) >= 11 is 3.31. The molecule has 10 heteroatoms. The number of carbonyl (C=O) groups is 2. The molecule has 3 N–H and O–H groups in total. The molecule has 2 aromatic heterocycles. The van der Waals surface area contributed by atoms with Gasteiger partial charge in [-0.25, -0.2) is 4.79 Å². The van der Waals surface area contributed by atoms with Gasteiger partial charge in [0.1, 0.15) is 23.4 Å². The van der Waals surface area contributed by atoms with Gasteiger partial charge < -0.3 is 15.0 Å². The molecule has 6 rings (SSSR count). The molecule has 0 spiro atoms. The Morgan fingerprint density at radius 1 is 1.19 bits per heavy atom. The van der Waals surface area contributed by atoms with Crippen molar-refractivity contribution in [2.45, 2.75) is 31.7 Å². The number of ether oxygens (including phenoxy) is 1. The molecular weight excluding hydrogens is 538 g/mol. The number of benzene rings is 2. The van der Waals surface area contributed by atoms with E-state index in [9.17, 15) is 9.59 Å². The van der Waals surface area contributed by atoms with Crippen molar-refractivity contribution in [3.05, 3.63) is 88.3 Å². The van der Waals surface area contributed by atoms with Gasteiger partial charge in [0.2, 0.25) is 5.91 Å². The second-order valence-corrected chi connectivity index (χ2v) is 9.94. The van der Waals surface area contributed by atoms with E-state index in [0.717, 1.165) is 38.6 Å². The maximum atomic E-state index is 13.4. The first-order valence-electron chi connectivity index (χ1n) is 12.0. The third-order valence-electron chi connectivity index (χ3n) is 6.67. The van der Waals surface area contributed by atoms with Crippen LogP contribution in [0, 0.1) is 0 Å². The molecule has 4 heterocycles. The number of carbonyl (C=O) groups excluding carboxylic acids is 2. The van der Waals surface area contributed by atoms with Gasteiger partial charge in [-0.05, 0) is 45.8 Å². The van der Waals surface area contributed by atoms with Crippen molar-refractivity contribution in [1.29, 1.82) is 0 Å². The molecule has 2 atom stereocenters. The molecule has 0 aliphatic carbocycles. The number of pyridine rings is 1. The van der Waals surface area contributed by atoms with Gasteiger partial charge in [0, 0.05) is 40.2 Å².